The van der Waals surface area contributed by atoms with E-state index in [4.69, 9.17) is 33.3 Å². The van der Waals surface area contributed by atoms with Crippen LogP contribution in [-0.4, -0.2) is 34.3 Å². The lowest BCUT2D eigenvalue weighted by molar-refractivity contribution is 0.277. The highest BCUT2D eigenvalue weighted by molar-refractivity contribution is 7.71. The maximum atomic E-state index is 6.34. The summed E-state index contributed by atoms with van der Waals surface area (Å²) in [6.45, 7) is 7.04. The molecule has 24 heavy (non-hydrogen) atoms. The van der Waals surface area contributed by atoms with Gasteiger partial charge in [-0.05, 0) is 43.3 Å². The normalized spacial score (nSPS) is 11.2. The number of aromatic nitrogens is 3. The molecule has 130 valence electrons. The Morgan fingerprint density at radius 1 is 1.33 bits per heavy atom. The summed E-state index contributed by atoms with van der Waals surface area (Å²) in [5.74, 6) is 1.92. The average molecular weight is 369 g/mol. The smallest absolute Gasteiger partial charge is 0.216 e. The van der Waals surface area contributed by atoms with E-state index in [-0.39, 0.29) is 0 Å². The zero-order chi connectivity index (χ0) is 17.5. The van der Waals surface area contributed by atoms with Crippen molar-refractivity contribution in [3.05, 3.63) is 33.3 Å². The third-order valence-corrected chi connectivity index (χ3v) is 3.68. The number of aromatic amines is 1. The Hall–Kier alpha value is -1.86. The topological polar surface area (TPSA) is 64.4 Å². The molecule has 0 saturated heterocycles. The van der Waals surface area contributed by atoms with Gasteiger partial charge in [0, 0.05) is 6.42 Å². The lowest BCUT2D eigenvalue weighted by Gasteiger charge is -2.13. The van der Waals surface area contributed by atoms with E-state index in [1.807, 2.05) is 26.8 Å². The molecule has 2 rings (SSSR count). The second kappa shape index (κ2) is 8.84. The Morgan fingerprint density at radius 2 is 2.12 bits per heavy atom. The molecule has 8 heteroatoms. The molecule has 0 radical (unpaired) electrons. The molecule has 0 spiro atoms. The van der Waals surface area contributed by atoms with Gasteiger partial charge >= 0.3 is 0 Å². The van der Waals surface area contributed by atoms with E-state index < -0.39 is 0 Å². The third kappa shape index (κ3) is 4.36. The van der Waals surface area contributed by atoms with Gasteiger partial charge in [-0.25, -0.2) is 0 Å². The van der Waals surface area contributed by atoms with Crippen molar-refractivity contribution in [1.82, 2.24) is 14.9 Å². The predicted molar refractivity (Wildman–Crippen MR) is 98.2 cm³/mol. The van der Waals surface area contributed by atoms with E-state index in [0.29, 0.717) is 34.5 Å². The summed E-state index contributed by atoms with van der Waals surface area (Å²) in [7, 11) is 0. The van der Waals surface area contributed by atoms with E-state index in [0.717, 1.165) is 24.2 Å². The van der Waals surface area contributed by atoms with Crippen molar-refractivity contribution in [2.45, 2.75) is 33.6 Å². The van der Waals surface area contributed by atoms with Crippen molar-refractivity contribution in [2.75, 3.05) is 13.2 Å². The quantitative estimate of drug-likeness (QED) is 0.559. The second-order valence-electron chi connectivity index (χ2n) is 4.97. The molecule has 0 fully saturated rings. The fraction of sp³-hybridized carbons (Fsp3) is 0.438. The molecule has 0 unspecified atom stereocenters. The Bertz CT molecular complexity index is 770. The van der Waals surface area contributed by atoms with Crippen LogP contribution in [0.15, 0.2) is 17.2 Å². The van der Waals surface area contributed by atoms with E-state index in [1.54, 1.807) is 17.0 Å². The molecule has 0 saturated carbocycles. The van der Waals surface area contributed by atoms with Crippen LogP contribution in [0.1, 0.15) is 38.6 Å². The van der Waals surface area contributed by atoms with Gasteiger partial charge in [-0.1, -0.05) is 25.4 Å². The molecule has 0 aliphatic heterocycles. The predicted octanol–water partition coefficient (Wildman–Crippen LogP) is 4.23. The minimum absolute atomic E-state index is 0.446. The van der Waals surface area contributed by atoms with E-state index in [1.165, 1.54) is 0 Å². The zero-order valence-corrected chi connectivity index (χ0v) is 15.6. The summed E-state index contributed by atoms with van der Waals surface area (Å²) in [6, 6.07) is 3.63. The number of halogens is 1. The standard InChI is InChI=1S/C16H21ClN4O2S/c1-4-7-23-15-12(17)8-11(9-13(15)22-6-3)10-18-21-14(5-2)19-20-16(21)24/h8-10H,4-7H2,1-3H3,(H,20,24)/b18-10+. The zero-order valence-electron chi connectivity index (χ0n) is 14.0. The van der Waals surface area contributed by atoms with Crippen LogP contribution >= 0.6 is 23.8 Å². The lowest BCUT2D eigenvalue weighted by atomic mass is 10.2. The van der Waals surface area contributed by atoms with Crippen LogP contribution in [0.3, 0.4) is 0 Å². The summed E-state index contributed by atoms with van der Waals surface area (Å²) in [6.07, 6.45) is 3.28. The number of benzene rings is 1. The Balaban J connectivity index is 2.35. The van der Waals surface area contributed by atoms with Gasteiger partial charge in [0.2, 0.25) is 4.77 Å². The van der Waals surface area contributed by atoms with Gasteiger partial charge in [-0.3, -0.25) is 5.10 Å². The van der Waals surface area contributed by atoms with Gasteiger partial charge < -0.3 is 9.47 Å². The molecule has 2 aromatic rings. The first kappa shape index (κ1) is 18.5. The highest BCUT2D eigenvalue weighted by Gasteiger charge is 2.12. The Kier molecular flexibility index (Phi) is 6.81. The van der Waals surface area contributed by atoms with Crippen LogP contribution in [0.5, 0.6) is 11.5 Å². The molecule has 6 nitrogen and oxygen atoms in total. The fourth-order valence-electron chi connectivity index (χ4n) is 2.07. The average Bonchev–Trinajstić information content (AvgIpc) is 2.92. The molecular weight excluding hydrogens is 348 g/mol. The first-order chi connectivity index (χ1) is 11.6. The maximum Gasteiger partial charge on any atom is 0.216 e. The van der Waals surface area contributed by atoms with Gasteiger partial charge in [-0.15, -0.1) is 0 Å². The van der Waals surface area contributed by atoms with Crippen LogP contribution in [-0.2, 0) is 6.42 Å². The monoisotopic (exact) mass is 368 g/mol. The van der Waals surface area contributed by atoms with Crippen LogP contribution in [0.2, 0.25) is 5.02 Å². The fourth-order valence-corrected chi connectivity index (χ4v) is 2.54. The maximum absolute atomic E-state index is 6.34. The molecular formula is C16H21ClN4O2S. The first-order valence-electron chi connectivity index (χ1n) is 7.90. The number of nitrogens with zero attached hydrogens (tertiary/aromatic N) is 3. The number of H-pyrrole nitrogens is 1. The minimum atomic E-state index is 0.446. The van der Waals surface area contributed by atoms with Gasteiger partial charge in [-0.2, -0.15) is 14.9 Å². The van der Waals surface area contributed by atoms with E-state index >= 15 is 0 Å². The van der Waals surface area contributed by atoms with Crippen LogP contribution in [0, 0.1) is 4.77 Å². The number of hydrogen-bond donors (Lipinski definition) is 1. The van der Waals surface area contributed by atoms with Crippen molar-refractivity contribution in [2.24, 2.45) is 5.10 Å². The molecule has 0 amide bonds. The van der Waals surface area contributed by atoms with Crippen molar-refractivity contribution in [1.29, 1.82) is 0 Å². The summed E-state index contributed by atoms with van der Waals surface area (Å²) < 4.78 is 13.4. The lowest BCUT2D eigenvalue weighted by Crippen LogP contribution is -2.02. The molecule has 0 atom stereocenters. The van der Waals surface area contributed by atoms with Gasteiger partial charge in [0.1, 0.15) is 0 Å². The van der Waals surface area contributed by atoms with Crippen LogP contribution in [0.25, 0.3) is 0 Å². The molecule has 0 bridgehead atoms. The molecule has 1 aromatic carbocycles. The summed E-state index contributed by atoms with van der Waals surface area (Å²) in [5, 5.41) is 11.7. The number of nitrogens with one attached hydrogen (secondary N) is 1. The third-order valence-electron chi connectivity index (χ3n) is 3.14. The van der Waals surface area contributed by atoms with Crippen LogP contribution in [0.4, 0.5) is 0 Å². The minimum Gasteiger partial charge on any atom is -0.490 e. The Labute approximate surface area is 151 Å². The second-order valence-corrected chi connectivity index (χ2v) is 5.76. The van der Waals surface area contributed by atoms with E-state index in [2.05, 4.69) is 15.3 Å². The number of hydrogen-bond acceptors (Lipinski definition) is 5. The largest absolute Gasteiger partial charge is 0.490 e. The van der Waals surface area contributed by atoms with Crippen molar-refractivity contribution < 1.29 is 9.47 Å². The summed E-state index contributed by atoms with van der Waals surface area (Å²) >= 11 is 11.5. The Morgan fingerprint density at radius 3 is 2.79 bits per heavy atom. The highest BCUT2D eigenvalue weighted by atomic mass is 35.5. The van der Waals surface area contributed by atoms with Crippen molar-refractivity contribution >= 4 is 30.0 Å². The van der Waals surface area contributed by atoms with Gasteiger partial charge in [0.05, 0.1) is 24.5 Å². The number of ether oxygens (including phenoxy) is 2. The molecule has 0 aliphatic carbocycles. The van der Waals surface area contributed by atoms with Gasteiger partial charge in [0.25, 0.3) is 0 Å². The summed E-state index contributed by atoms with van der Waals surface area (Å²) in [4.78, 5) is 0. The molecule has 1 aromatic heterocycles. The highest BCUT2D eigenvalue weighted by Crippen LogP contribution is 2.36. The van der Waals surface area contributed by atoms with Gasteiger partial charge in [0.15, 0.2) is 17.3 Å². The first-order valence-corrected chi connectivity index (χ1v) is 8.69. The molecule has 0 aliphatic rings. The van der Waals surface area contributed by atoms with Crippen LogP contribution < -0.4 is 9.47 Å². The van der Waals surface area contributed by atoms with Crippen molar-refractivity contribution in [3.63, 3.8) is 0 Å². The summed E-state index contributed by atoms with van der Waals surface area (Å²) in [5.41, 5.74) is 0.789. The molecule has 1 N–H and O–H groups in total. The molecule has 1 heterocycles. The number of rotatable bonds is 8. The SMILES string of the molecule is CCCOc1c(Cl)cc(/C=N/n2c(CC)n[nH]c2=S)cc1OCC. The van der Waals surface area contributed by atoms with E-state index in [9.17, 15) is 0 Å². The van der Waals surface area contributed by atoms with Crippen molar-refractivity contribution in [3.8, 4) is 11.5 Å². The number of aryl methyl sites for hydroxylation is 1.